The topological polar surface area (TPSA) is 52.8 Å². The second-order valence-corrected chi connectivity index (χ2v) is 7.19. The Morgan fingerprint density at radius 2 is 1.77 bits per heavy atom. The van der Waals surface area contributed by atoms with Gasteiger partial charge in [-0.05, 0) is 36.4 Å². The zero-order chi connectivity index (χ0) is 17.8. The molecule has 4 rings (SSSR count). The Balaban J connectivity index is 1.67. The molecule has 0 unspecified atom stereocenters. The van der Waals surface area contributed by atoms with E-state index in [2.05, 4.69) is 29.0 Å². The Kier molecular flexibility index (Phi) is 5.22. The van der Waals surface area contributed by atoms with E-state index in [4.69, 9.17) is 19.7 Å². The van der Waals surface area contributed by atoms with Crippen LogP contribution in [0.15, 0.2) is 41.8 Å². The van der Waals surface area contributed by atoms with E-state index in [9.17, 15) is 0 Å². The predicted octanol–water partition coefficient (Wildman–Crippen LogP) is 4.91. The molecule has 3 aromatic heterocycles. The first-order valence-electron chi connectivity index (χ1n) is 9.11. The number of ether oxygens (including phenoxy) is 1. The third-order valence-corrected chi connectivity index (χ3v) is 5.18. The summed E-state index contributed by atoms with van der Waals surface area (Å²) < 4.78 is 7.90. The van der Waals surface area contributed by atoms with Crippen molar-refractivity contribution in [2.75, 3.05) is 13.2 Å². The van der Waals surface area contributed by atoms with E-state index in [1.807, 2.05) is 24.3 Å². The zero-order valence-electron chi connectivity index (χ0n) is 14.9. The van der Waals surface area contributed by atoms with E-state index in [1.54, 1.807) is 11.3 Å². The summed E-state index contributed by atoms with van der Waals surface area (Å²) in [5.41, 5.74) is 3.34. The molecule has 134 valence electrons. The molecule has 0 atom stereocenters. The molecule has 1 aromatic carbocycles. The summed E-state index contributed by atoms with van der Waals surface area (Å²) in [4.78, 5) is 15.5. The molecule has 0 aliphatic heterocycles. The first kappa shape index (κ1) is 17.1. The van der Waals surface area contributed by atoms with Gasteiger partial charge in [0.15, 0.2) is 17.1 Å². The SMILES string of the molecule is CCCCOCCCn1c(-c2cccs2)nc2nc3ccccc3nc21. The summed E-state index contributed by atoms with van der Waals surface area (Å²) in [5.74, 6) is 0.943. The number of para-hydroxylation sites is 2. The Morgan fingerprint density at radius 3 is 2.54 bits per heavy atom. The van der Waals surface area contributed by atoms with E-state index in [1.165, 1.54) is 0 Å². The number of thiophene rings is 1. The first-order chi connectivity index (χ1) is 12.9. The fourth-order valence-electron chi connectivity index (χ4n) is 2.98. The van der Waals surface area contributed by atoms with Crippen LogP contribution in [-0.4, -0.2) is 32.7 Å². The number of rotatable bonds is 8. The monoisotopic (exact) mass is 366 g/mol. The van der Waals surface area contributed by atoms with Gasteiger partial charge in [-0.25, -0.2) is 15.0 Å². The molecule has 0 radical (unpaired) electrons. The Hall–Kier alpha value is -2.31. The molecule has 0 aliphatic rings. The van der Waals surface area contributed by atoms with Crippen LogP contribution >= 0.6 is 11.3 Å². The number of nitrogens with zero attached hydrogens (tertiary/aromatic N) is 4. The standard InChI is InChI=1S/C20H22N4OS/c1-2-3-12-25-13-7-11-24-19(17-10-6-14-26-17)23-18-20(24)22-16-9-5-4-8-15(16)21-18/h4-6,8-10,14H,2-3,7,11-13H2,1H3. The molecule has 4 aromatic rings. The highest BCUT2D eigenvalue weighted by molar-refractivity contribution is 7.13. The van der Waals surface area contributed by atoms with Crippen molar-refractivity contribution >= 4 is 33.7 Å². The number of unbranched alkanes of at least 4 members (excludes halogenated alkanes) is 1. The van der Waals surface area contributed by atoms with Crippen molar-refractivity contribution in [1.82, 2.24) is 19.5 Å². The normalized spacial score (nSPS) is 11.6. The van der Waals surface area contributed by atoms with Crippen molar-refractivity contribution in [3.05, 3.63) is 41.8 Å². The van der Waals surface area contributed by atoms with Crippen molar-refractivity contribution in [3.63, 3.8) is 0 Å². The molecule has 0 fully saturated rings. The number of imidazole rings is 1. The second kappa shape index (κ2) is 7.93. The summed E-state index contributed by atoms with van der Waals surface area (Å²) in [6.07, 6.45) is 3.21. The fraction of sp³-hybridized carbons (Fsp3) is 0.350. The second-order valence-electron chi connectivity index (χ2n) is 6.24. The van der Waals surface area contributed by atoms with E-state index in [-0.39, 0.29) is 0 Å². The highest BCUT2D eigenvalue weighted by Gasteiger charge is 2.16. The molecule has 0 N–H and O–H groups in total. The highest BCUT2D eigenvalue weighted by atomic mass is 32.1. The summed E-state index contributed by atoms with van der Waals surface area (Å²) >= 11 is 1.69. The van der Waals surface area contributed by atoms with Crippen LogP contribution in [0.3, 0.4) is 0 Å². The van der Waals surface area contributed by atoms with Gasteiger partial charge in [-0.15, -0.1) is 11.3 Å². The average Bonchev–Trinajstić information content (AvgIpc) is 3.30. The lowest BCUT2D eigenvalue weighted by molar-refractivity contribution is 0.126. The van der Waals surface area contributed by atoms with Gasteiger partial charge in [0, 0.05) is 19.8 Å². The van der Waals surface area contributed by atoms with Crippen LogP contribution in [0, 0.1) is 0 Å². The van der Waals surface area contributed by atoms with Gasteiger partial charge in [0.05, 0.1) is 15.9 Å². The Labute approximate surface area is 156 Å². The lowest BCUT2D eigenvalue weighted by Crippen LogP contribution is -2.05. The van der Waals surface area contributed by atoms with Crippen LogP contribution < -0.4 is 0 Å². The van der Waals surface area contributed by atoms with Crippen LogP contribution in [0.2, 0.25) is 0 Å². The third kappa shape index (κ3) is 3.48. The number of fused-ring (bicyclic) bond motifs is 2. The molecule has 6 heteroatoms. The summed E-state index contributed by atoms with van der Waals surface area (Å²) in [5, 5.41) is 2.07. The molecule has 0 bridgehead atoms. The molecule has 5 nitrogen and oxygen atoms in total. The van der Waals surface area contributed by atoms with Crippen LogP contribution in [0.5, 0.6) is 0 Å². The lowest BCUT2D eigenvalue weighted by atomic mass is 10.3. The zero-order valence-corrected chi connectivity index (χ0v) is 15.7. The summed E-state index contributed by atoms with van der Waals surface area (Å²) in [6.45, 7) is 4.59. The predicted molar refractivity (Wildman–Crippen MR) is 106 cm³/mol. The fourth-order valence-corrected chi connectivity index (χ4v) is 3.70. The lowest BCUT2D eigenvalue weighted by Gasteiger charge is -2.08. The molecular formula is C20H22N4OS. The van der Waals surface area contributed by atoms with Crippen LogP contribution in [0.4, 0.5) is 0 Å². The molecule has 0 amide bonds. The van der Waals surface area contributed by atoms with E-state index < -0.39 is 0 Å². The van der Waals surface area contributed by atoms with Crippen LogP contribution in [-0.2, 0) is 11.3 Å². The third-order valence-electron chi connectivity index (χ3n) is 4.31. The van der Waals surface area contributed by atoms with Gasteiger partial charge in [0.25, 0.3) is 0 Å². The Bertz CT molecular complexity index is 994. The molecule has 0 spiro atoms. The smallest absolute Gasteiger partial charge is 0.198 e. The van der Waals surface area contributed by atoms with Crippen LogP contribution in [0.25, 0.3) is 33.0 Å². The number of hydrogen-bond acceptors (Lipinski definition) is 5. The van der Waals surface area contributed by atoms with Gasteiger partial charge in [0.2, 0.25) is 0 Å². The van der Waals surface area contributed by atoms with Gasteiger partial charge in [-0.1, -0.05) is 31.5 Å². The number of benzene rings is 1. The van der Waals surface area contributed by atoms with E-state index in [0.717, 1.165) is 66.4 Å². The molecule has 26 heavy (non-hydrogen) atoms. The van der Waals surface area contributed by atoms with Crippen molar-refractivity contribution in [2.45, 2.75) is 32.7 Å². The largest absolute Gasteiger partial charge is 0.381 e. The molecule has 3 heterocycles. The molecule has 0 saturated carbocycles. The van der Waals surface area contributed by atoms with Gasteiger partial charge in [-0.3, -0.25) is 0 Å². The van der Waals surface area contributed by atoms with Crippen molar-refractivity contribution < 1.29 is 4.74 Å². The maximum Gasteiger partial charge on any atom is 0.198 e. The minimum Gasteiger partial charge on any atom is -0.381 e. The van der Waals surface area contributed by atoms with Gasteiger partial charge < -0.3 is 9.30 Å². The molecular weight excluding hydrogens is 344 g/mol. The highest BCUT2D eigenvalue weighted by Crippen LogP contribution is 2.28. The maximum absolute atomic E-state index is 5.72. The maximum atomic E-state index is 5.72. The number of hydrogen-bond donors (Lipinski definition) is 0. The van der Waals surface area contributed by atoms with Crippen molar-refractivity contribution in [1.29, 1.82) is 0 Å². The minimum atomic E-state index is 0.707. The minimum absolute atomic E-state index is 0.707. The van der Waals surface area contributed by atoms with Crippen molar-refractivity contribution in [3.8, 4) is 10.7 Å². The van der Waals surface area contributed by atoms with Crippen molar-refractivity contribution in [2.24, 2.45) is 0 Å². The van der Waals surface area contributed by atoms with Gasteiger partial charge >= 0.3 is 0 Å². The number of aryl methyl sites for hydroxylation is 1. The molecule has 0 aliphatic carbocycles. The average molecular weight is 366 g/mol. The van der Waals surface area contributed by atoms with Gasteiger partial charge in [0.1, 0.15) is 0 Å². The van der Waals surface area contributed by atoms with E-state index in [0.29, 0.717) is 5.65 Å². The summed E-state index contributed by atoms with van der Waals surface area (Å²) in [7, 11) is 0. The Morgan fingerprint density at radius 1 is 0.962 bits per heavy atom. The van der Waals surface area contributed by atoms with Gasteiger partial charge in [-0.2, -0.15) is 0 Å². The summed E-state index contributed by atoms with van der Waals surface area (Å²) in [6, 6.07) is 12.1. The van der Waals surface area contributed by atoms with E-state index >= 15 is 0 Å². The first-order valence-corrected chi connectivity index (χ1v) is 9.99. The number of aromatic nitrogens is 4. The molecule has 0 saturated heterocycles. The van der Waals surface area contributed by atoms with Crippen LogP contribution in [0.1, 0.15) is 26.2 Å². The quantitative estimate of drug-likeness (QED) is 0.416.